The fraction of sp³-hybridized carbons (Fsp3) is 0.357. The third-order valence-corrected chi connectivity index (χ3v) is 3.56. The molecule has 1 N–H and O–H groups in total. The van der Waals surface area contributed by atoms with Crippen molar-refractivity contribution in [2.45, 2.75) is 18.5 Å². The molecule has 1 aromatic carbocycles. The summed E-state index contributed by atoms with van der Waals surface area (Å²) >= 11 is 0. The van der Waals surface area contributed by atoms with Crippen LogP contribution in [0.2, 0.25) is 0 Å². The van der Waals surface area contributed by atoms with Crippen molar-refractivity contribution in [3.05, 3.63) is 47.8 Å². The molecule has 1 saturated heterocycles. The Kier molecular flexibility index (Phi) is 3.25. The van der Waals surface area contributed by atoms with E-state index in [1.165, 1.54) is 4.68 Å². The van der Waals surface area contributed by atoms with E-state index in [9.17, 15) is 13.2 Å². The van der Waals surface area contributed by atoms with Crippen molar-refractivity contribution in [2.75, 3.05) is 13.1 Å². The molecule has 106 valence electrons. The van der Waals surface area contributed by atoms with E-state index in [1.807, 2.05) is 6.07 Å². The molecule has 1 fully saturated rings. The van der Waals surface area contributed by atoms with Gasteiger partial charge in [-0.25, -0.2) is 4.68 Å². The molecule has 6 heteroatoms. The second-order valence-corrected chi connectivity index (χ2v) is 4.88. The molecule has 1 aliphatic rings. The van der Waals surface area contributed by atoms with E-state index in [-0.39, 0.29) is 11.6 Å². The first-order valence-corrected chi connectivity index (χ1v) is 6.48. The van der Waals surface area contributed by atoms with Gasteiger partial charge in [-0.15, -0.1) is 0 Å². The number of hydrogen-bond acceptors (Lipinski definition) is 2. The van der Waals surface area contributed by atoms with Crippen molar-refractivity contribution >= 4 is 0 Å². The van der Waals surface area contributed by atoms with Gasteiger partial charge in [0, 0.05) is 12.5 Å². The summed E-state index contributed by atoms with van der Waals surface area (Å²) in [4.78, 5) is 0. The van der Waals surface area contributed by atoms with Crippen LogP contribution in [0.4, 0.5) is 13.2 Å². The molecule has 0 amide bonds. The first kappa shape index (κ1) is 13.2. The van der Waals surface area contributed by atoms with E-state index in [1.54, 1.807) is 24.3 Å². The number of alkyl halides is 3. The molecule has 1 atom stereocenters. The topological polar surface area (TPSA) is 29.9 Å². The van der Waals surface area contributed by atoms with Gasteiger partial charge in [0.2, 0.25) is 0 Å². The van der Waals surface area contributed by atoms with E-state index in [2.05, 4.69) is 10.4 Å². The van der Waals surface area contributed by atoms with Gasteiger partial charge in [-0.2, -0.15) is 18.3 Å². The van der Waals surface area contributed by atoms with Crippen LogP contribution in [0.1, 0.15) is 23.6 Å². The zero-order chi connectivity index (χ0) is 14.2. The van der Waals surface area contributed by atoms with E-state index in [0.717, 1.165) is 12.7 Å². The van der Waals surface area contributed by atoms with Crippen LogP contribution in [-0.4, -0.2) is 22.9 Å². The minimum Gasteiger partial charge on any atom is -0.316 e. The summed E-state index contributed by atoms with van der Waals surface area (Å²) < 4.78 is 40.9. The lowest BCUT2D eigenvalue weighted by Crippen LogP contribution is -2.16. The smallest absolute Gasteiger partial charge is 0.316 e. The first-order chi connectivity index (χ1) is 9.57. The molecule has 2 aromatic rings. The van der Waals surface area contributed by atoms with Crippen molar-refractivity contribution in [3.63, 3.8) is 0 Å². The van der Waals surface area contributed by atoms with Crippen LogP contribution in [0.25, 0.3) is 5.69 Å². The van der Waals surface area contributed by atoms with Crippen molar-refractivity contribution in [3.8, 4) is 5.69 Å². The molecule has 20 heavy (non-hydrogen) atoms. The normalized spacial score (nSPS) is 19.4. The van der Waals surface area contributed by atoms with E-state index >= 15 is 0 Å². The van der Waals surface area contributed by atoms with Gasteiger partial charge in [0.25, 0.3) is 0 Å². The number of nitrogens with zero attached hydrogens (tertiary/aromatic N) is 2. The Hall–Kier alpha value is -1.82. The highest BCUT2D eigenvalue weighted by Gasteiger charge is 2.39. The zero-order valence-corrected chi connectivity index (χ0v) is 10.7. The quantitative estimate of drug-likeness (QED) is 0.917. The van der Waals surface area contributed by atoms with Crippen LogP contribution in [0.3, 0.4) is 0 Å². The van der Waals surface area contributed by atoms with Crippen LogP contribution in [0, 0.1) is 0 Å². The minimum absolute atomic E-state index is 0.158. The molecular formula is C14H14F3N3. The molecule has 1 unspecified atom stereocenters. The summed E-state index contributed by atoms with van der Waals surface area (Å²) in [5.41, 5.74) is 0.286. The summed E-state index contributed by atoms with van der Waals surface area (Å²) in [6.07, 6.45) is -2.74. The molecule has 0 saturated carbocycles. The molecule has 0 aliphatic carbocycles. The van der Waals surface area contributed by atoms with Crippen molar-refractivity contribution in [1.29, 1.82) is 0 Å². The van der Waals surface area contributed by atoms with Crippen LogP contribution < -0.4 is 5.32 Å². The van der Waals surface area contributed by atoms with Gasteiger partial charge in [0.1, 0.15) is 0 Å². The largest absolute Gasteiger partial charge is 0.419 e. The van der Waals surface area contributed by atoms with Crippen LogP contribution in [-0.2, 0) is 6.18 Å². The third kappa shape index (κ3) is 2.31. The molecular weight excluding hydrogens is 267 g/mol. The van der Waals surface area contributed by atoms with Gasteiger partial charge in [-0.3, -0.25) is 0 Å². The summed E-state index contributed by atoms with van der Waals surface area (Å²) in [7, 11) is 0. The van der Waals surface area contributed by atoms with Gasteiger partial charge < -0.3 is 5.32 Å². The number of para-hydroxylation sites is 1. The lowest BCUT2D eigenvalue weighted by molar-refractivity contribution is -0.138. The van der Waals surface area contributed by atoms with Gasteiger partial charge >= 0.3 is 6.18 Å². The average molecular weight is 281 g/mol. The predicted octanol–water partition coefficient (Wildman–Crippen LogP) is 2.97. The molecule has 3 rings (SSSR count). The second-order valence-electron chi connectivity index (χ2n) is 4.88. The Morgan fingerprint density at radius 3 is 2.55 bits per heavy atom. The van der Waals surface area contributed by atoms with E-state index < -0.39 is 11.7 Å². The fourth-order valence-electron chi connectivity index (χ4n) is 2.63. The summed E-state index contributed by atoms with van der Waals surface area (Å²) in [6.45, 7) is 1.30. The summed E-state index contributed by atoms with van der Waals surface area (Å²) in [5.74, 6) is -0.158. The SMILES string of the molecule is FC(F)(F)c1cnn(-c2ccccc2)c1C1CCNC1. The lowest BCUT2D eigenvalue weighted by atomic mass is 10.0. The highest BCUT2D eigenvalue weighted by Crippen LogP contribution is 2.37. The molecule has 2 heterocycles. The standard InChI is InChI=1S/C14H14F3N3/c15-14(16,17)12-9-19-20(11-4-2-1-3-5-11)13(12)10-6-7-18-8-10/h1-5,9-10,18H,6-8H2. The van der Waals surface area contributed by atoms with Gasteiger partial charge in [-0.1, -0.05) is 18.2 Å². The third-order valence-electron chi connectivity index (χ3n) is 3.56. The predicted molar refractivity (Wildman–Crippen MR) is 68.8 cm³/mol. The Labute approximate surface area is 114 Å². The Morgan fingerprint density at radius 2 is 1.95 bits per heavy atom. The highest BCUT2D eigenvalue weighted by molar-refractivity contribution is 5.38. The Morgan fingerprint density at radius 1 is 1.20 bits per heavy atom. The highest BCUT2D eigenvalue weighted by atomic mass is 19.4. The second kappa shape index (κ2) is 4.94. The minimum atomic E-state index is -4.37. The maximum atomic E-state index is 13.2. The number of benzene rings is 1. The average Bonchev–Trinajstić information content (AvgIpc) is 3.07. The first-order valence-electron chi connectivity index (χ1n) is 6.48. The zero-order valence-electron chi connectivity index (χ0n) is 10.7. The van der Waals surface area contributed by atoms with Crippen molar-refractivity contribution in [2.24, 2.45) is 0 Å². The molecule has 0 spiro atoms. The van der Waals surface area contributed by atoms with Gasteiger partial charge in [0.05, 0.1) is 23.1 Å². The Bertz CT molecular complexity index is 583. The molecule has 0 bridgehead atoms. The van der Waals surface area contributed by atoms with Crippen LogP contribution >= 0.6 is 0 Å². The fourth-order valence-corrected chi connectivity index (χ4v) is 2.63. The van der Waals surface area contributed by atoms with Crippen LogP contribution in [0.5, 0.6) is 0 Å². The summed E-state index contributed by atoms with van der Waals surface area (Å²) in [6, 6.07) is 8.94. The summed E-state index contributed by atoms with van der Waals surface area (Å²) in [5, 5.41) is 7.08. The Balaban J connectivity index is 2.13. The van der Waals surface area contributed by atoms with Gasteiger partial charge in [-0.05, 0) is 25.1 Å². The number of rotatable bonds is 2. The monoisotopic (exact) mass is 281 g/mol. The number of halogens is 3. The lowest BCUT2D eigenvalue weighted by Gasteiger charge is -2.16. The van der Waals surface area contributed by atoms with Crippen molar-refractivity contribution < 1.29 is 13.2 Å². The number of hydrogen-bond donors (Lipinski definition) is 1. The van der Waals surface area contributed by atoms with E-state index in [0.29, 0.717) is 18.7 Å². The number of nitrogens with one attached hydrogen (secondary N) is 1. The number of aromatic nitrogens is 2. The maximum Gasteiger partial charge on any atom is 0.419 e. The molecule has 1 aliphatic heterocycles. The van der Waals surface area contributed by atoms with Crippen LogP contribution in [0.15, 0.2) is 36.5 Å². The van der Waals surface area contributed by atoms with E-state index in [4.69, 9.17) is 0 Å². The van der Waals surface area contributed by atoms with Crippen molar-refractivity contribution in [1.82, 2.24) is 15.1 Å². The molecule has 1 aromatic heterocycles. The van der Waals surface area contributed by atoms with Gasteiger partial charge in [0.15, 0.2) is 0 Å². The molecule has 3 nitrogen and oxygen atoms in total. The maximum absolute atomic E-state index is 13.2. The molecule has 0 radical (unpaired) electrons.